The number of fused-ring (bicyclic) bond motifs is 1. The summed E-state index contributed by atoms with van der Waals surface area (Å²) in [6.07, 6.45) is 9.94. The average Bonchev–Trinajstić information content (AvgIpc) is 2.30. The van der Waals surface area contributed by atoms with Crippen LogP contribution < -0.4 is 5.43 Å². The molecular formula is C12H16N2O. The largest absolute Gasteiger partial charge is 0.495 e. The van der Waals surface area contributed by atoms with Crippen LogP contribution in [0.3, 0.4) is 0 Å². The van der Waals surface area contributed by atoms with Crippen molar-refractivity contribution in [2.75, 3.05) is 7.11 Å². The monoisotopic (exact) mass is 204 g/mol. The first-order chi connectivity index (χ1) is 7.36. The van der Waals surface area contributed by atoms with E-state index in [1.165, 1.54) is 18.4 Å². The summed E-state index contributed by atoms with van der Waals surface area (Å²) in [5.41, 5.74) is 5.20. The van der Waals surface area contributed by atoms with Crippen LogP contribution in [0.15, 0.2) is 40.4 Å². The Kier molecular flexibility index (Phi) is 2.90. The Hall–Kier alpha value is -1.51. The first kappa shape index (κ1) is 10.0. The van der Waals surface area contributed by atoms with Gasteiger partial charge in [0.05, 0.1) is 7.11 Å². The normalized spacial score (nSPS) is 24.3. The molecule has 1 atom stereocenters. The van der Waals surface area contributed by atoms with Crippen LogP contribution in [0, 0.1) is 5.92 Å². The lowest BCUT2D eigenvalue weighted by Crippen LogP contribution is -2.20. The number of hydrogen-bond donors (Lipinski definition) is 1. The van der Waals surface area contributed by atoms with Crippen LogP contribution in [0.4, 0.5) is 0 Å². The Morgan fingerprint density at radius 1 is 1.60 bits per heavy atom. The molecule has 2 rings (SSSR count). The molecule has 0 saturated carbocycles. The number of ether oxygens (including phenoxy) is 1. The third-order valence-electron chi connectivity index (χ3n) is 2.95. The third kappa shape index (κ3) is 1.82. The van der Waals surface area contributed by atoms with Gasteiger partial charge in [0.25, 0.3) is 0 Å². The number of rotatable bonds is 3. The van der Waals surface area contributed by atoms with Crippen LogP contribution in [-0.2, 0) is 4.74 Å². The molecule has 0 aromatic heterocycles. The predicted octanol–water partition coefficient (Wildman–Crippen LogP) is 2.35. The molecule has 0 radical (unpaired) electrons. The highest BCUT2D eigenvalue weighted by Crippen LogP contribution is 2.35. The van der Waals surface area contributed by atoms with Crippen molar-refractivity contribution in [2.24, 2.45) is 11.0 Å². The van der Waals surface area contributed by atoms with Crippen molar-refractivity contribution in [1.29, 1.82) is 0 Å². The van der Waals surface area contributed by atoms with Gasteiger partial charge in [-0.3, -0.25) is 5.43 Å². The Morgan fingerprint density at radius 2 is 2.47 bits per heavy atom. The molecule has 80 valence electrons. The smallest absolute Gasteiger partial charge is 0.140 e. The quantitative estimate of drug-likeness (QED) is 0.565. The molecule has 15 heavy (non-hydrogen) atoms. The summed E-state index contributed by atoms with van der Waals surface area (Å²) in [7, 11) is 1.68. The molecule has 0 heterocycles. The maximum Gasteiger partial charge on any atom is 0.140 e. The van der Waals surface area contributed by atoms with Crippen LogP contribution in [-0.4, -0.2) is 13.8 Å². The molecule has 2 aliphatic rings. The summed E-state index contributed by atoms with van der Waals surface area (Å²) >= 11 is 0. The van der Waals surface area contributed by atoms with Gasteiger partial charge < -0.3 is 4.74 Å². The Bertz CT molecular complexity index is 353. The SMILES string of the molecule is C=NNC1=C2C=CCCC2CC=C1OC. The molecule has 0 fully saturated rings. The number of nitrogens with zero attached hydrogens (tertiary/aromatic N) is 1. The van der Waals surface area contributed by atoms with Gasteiger partial charge in [0.1, 0.15) is 11.5 Å². The lowest BCUT2D eigenvalue weighted by molar-refractivity contribution is 0.287. The zero-order chi connectivity index (χ0) is 10.7. The fourth-order valence-corrected chi connectivity index (χ4v) is 2.21. The topological polar surface area (TPSA) is 33.6 Å². The van der Waals surface area contributed by atoms with Gasteiger partial charge in [0.2, 0.25) is 0 Å². The maximum atomic E-state index is 5.32. The van der Waals surface area contributed by atoms with Crippen LogP contribution in [0.25, 0.3) is 0 Å². The Labute approximate surface area is 90.2 Å². The average molecular weight is 204 g/mol. The zero-order valence-corrected chi connectivity index (χ0v) is 8.99. The van der Waals surface area contributed by atoms with Crippen molar-refractivity contribution in [3.8, 4) is 0 Å². The highest BCUT2D eigenvalue weighted by Gasteiger charge is 2.24. The van der Waals surface area contributed by atoms with Gasteiger partial charge >= 0.3 is 0 Å². The fraction of sp³-hybridized carbons (Fsp3) is 0.417. The van der Waals surface area contributed by atoms with E-state index in [0.29, 0.717) is 5.92 Å². The van der Waals surface area contributed by atoms with Gasteiger partial charge in [-0.25, -0.2) is 0 Å². The van der Waals surface area contributed by atoms with E-state index in [1.54, 1.807) is 7.11 Å². The number of allylic oxidation sites excluding steroid dienone is 4. The highest BCUT2D eigenvalue weighted by molar-refractivity contribution is 5.42. The van der Waals surface area contributed by atoms with Crippen LogP contribution in [0.2, 0.25) is 0 Å². The van der Waals surface area contributed by atoms with Gasteiger partial charge in [-0.15, -0.1) is 0 Å². The molecule has 0 spiro atoms. The molecule has 1 N–H and O–H groups in total. The first-order valence-corrected chi connectivity index (χ1v) is 5.23. The standard InChI is InChI=1S/C12H16N2O/c1-13-14-12-10-6-4-3-5-9(10)7-8-11(12)15-2/h4,6,8-9,14H,1,3,5,7H2,2H3. The summed E-state index contributed by atoms with van der Waals surface area (Å²) in [4.78, 5) is 0. The van der Waals surface area contributed by atoms with E-state index in [0.717, 1.165) is 17.9 Å². The van der Waals surface area contributed by atoms with Crippen LogP contribution in [0.1, 0.15) is 19.3 Å². The summed E-state index contributed by atoms with van der Waals surface area (Å²) in [5, 5.41) is 3.74. The van der Waals surface area contributed by atoms with Crippen molar-refractivity contribution in [3.63, 3.8) is 0 Å². The molecular weight excluding hydrogens is 188 g/mol. The van der Waals surface area contributed by atoms with E-state index < -0.39 is 0 Å². The Balaban J connectivity index is 2.38. The molecule has 3 nitrogen and oxygen atoms in total. The van der Waals surface area contributed by atoms with Crippen molar-refractivity contribution in [1.82, 2.24) is 5.43 Å². The molecule has 0 aromatic carbocycles. The van der Waals surface area contributed by atoms with Crippen LogP contribution >= 0.6 is 0 Å². The molecule has 0 saturated heterocycles. The van der Waals surface area contributed by atoms with Crippen molar-refractivity contribution < 1.29 is 4.74 Å². The second-order valence-corrected chi connectivity index (χ2v) is 3.79. The molecule has 3 heteroatoms. The summed E-state index contributed by atoms with van der Waals surface area (Å²) in [5.74, 6) is 1.48. The lowest BCUT2D eigenvalue weighted by Gasteiger charge is -2.28. The zero-order valence-electron chi connectivity index (χ0n) is 8.99. The number of hydrazone groups is 1. The second-order valence-electron chi connectivity index (χ2n) is 3.79. The lowest BCUT2D eigenvalue weighted by atomic mass is 9.82. The van der Waals surface area contributed by atoms with Gasteiger partial charge in [-0.1, -0.05) is 12.2 Å². The van der Waals surface area contributed by atoms with Gasteiger partial charge in [0, 0.05) is 6.72 Å². The maximum absolute atomic E-state index is 5.32. The summed E-state index contributed by atoms with van der Waals surface area (Å²) in [6.45, 7) is 3.46. The van der Waals surface area contributed by atoms with E-state index in [-0.39, 0.29) is 0 Å². The molecule has 0 aromatic rings. The van der Waals surface area contributed by atoms with Gasteiger partial charge in [-0.05, 0) is 36.8 Å². The third-order valence-corrected chi connectivity index (χ3v) is 2.95. The Morgan fingerprint density at radius 3 is 3.20 bits per heavy atom. The van der Waals surface area contributed by atoms with E-state index in [2.05, 4.69) is 35.5 Å². The minimum Gasteiger partial charge on any atom is -0.495 e. The summed E-state index contributed by atoms with van der Waals surface area (Å²) in [6, 6.07) is 0. The van der Waals surface area contributed by atoms with Crippen molar-refractivity contribution in [2.45, 2.75) is 19.3 Å². The van der Waals surface area contributed by atoms with Crippen molar-refractivity contribution in [3.05, 3.63) is 35.3 Å². The molecule has 2 aliphatic carbocycles. The van der Waals surface area contributed by atoms with Gasteiger partial charge in [0.15, 0.2) is 0 Å². The van der Waals surface area contributed by atoms with E-state index in [9.17, 15) is 0 Å². The molecule has 1 unspecified atom stereocenters. The first-order valence-electron chi connectivity index (χ1n) is 5.23. The fourth-order valence-electron chi connectivity index (χ4n) is 2.21. The molecule has 0 amide bonds. The van der Waals surface area contributed by atoms with E-state index in [1.807, 2.05) is 0 Å². The molecule has 0 bridgehead atoms. The second kappa shape index (κ2) is 4.34. The summed E-state index contributed by atoms with van der Waals surface area (Å²) < 4.78 is 5.32. The predicted molar refractivity (Wildman–Crippen MR) is 61.3 cm³/mol. The van der Waals surface area contributed by atoms with Crippen molar-refractivity contribution >= 4 is 6.72 Å². The number of hydrogen-bond acceptors (Lipinski definition) is 3. The van der Waals surface area contributed by atoms with E-state index >= 15 is 0 Å². The highest BCUT2D eigenvalue weighted by atomic mass is 16.5. The van der Waals surface area contributed by atoms with E-state index in [4.69, 9.17) is 4.74 Å². The van der Waals surface area contributed by atoms with Gasteiger partial charge in [-0.2, -0.15) is 5.10 Å². The number of methoxy groups -OCH3 is 1. The van der Waals surface area contributed by atoms with Crippen LogP contribution in [0.5, 0.6) is 0 Å². The minimum absolute atomic E-state index is 0.609. The minimum atomic E-state index is 0.609. The molecule has 0 aliphatic heterocycles. The number of nitrogens with one attached hydrogen (secondary N) is 1.